The Morgan fingerprint density at radius 3 is 2.33 bits per heavy atom. The van der Waals surface area contributed by atoms with Gasteiger partial charge in [-0.05, 0) is 48.9 Å². The molecule has 10 heteroatoms. The second-order valence-corrected chi connectivity index (χ2v) is 6.14. The van der Waals surface area contributed by atoms with Crippen molar-refractivity contribution in [2.24, 2.45) is 0 Å². The third kappa shape index (κ3) is 4.53. The second kappa shape index (κ2) is 8.05. The maximum atomic E-state index is 13.9. The van der Waals surface area contributed by atoms with Crippen LogP contribution in [0.1, 0.15) is 21.5 Å². The number of anilines is 1. The van der Waals surface area contributed by atoms with Gasteiger partial charge in [0, 0.05) is 5.69 Å². The van der Waals surface area contributed by atoms with Crippen LogP contribution in [0.15, 0.2) is 48.7 Å². The highest BCUT2D eigenvalue weighted by Gasteiger charge is 2.36. The molecule has 0 saturated carbocycles. The highest BCUT2D eigenvalue weighted by Crippen LogP contribution is 2.37. The molecule has 0 atom stereocenters. The summed E-state index contributed by atoms with van der Waals surface area (Å²) in [4.78, 5) is 15.6. The fourth-order valence-electron chi connectivity index (χ4n) is 2.55. The van der Waals surface area contributed by atoms with Crippen LogP contribution in [-0.4, -0.2) is 10.9 Å². The zero-order valence-corrected chi connectivity index (χ0v) is 15.2. The predicted molar refractivity (Wildman–Crippen MR) is 94.8 cm³/mol. The van der Waals surface area contributed by atoms with E-state index in [2.05, 4.69) is 10.3 Å². The molecule has 1 heterocycles. The van der Waals surface area contributed by atoms with Gasteiger partial charge >= 0.3 is 6.18 Å². The summed E-state index contributed by atoms with van der Waals surface area (Å²) < 4.78 is 84.5. The highest BCUT2D eigenvalue weighted by atomic mass is 19.4. The van der Waals surface area contributed by atoms with Gasteiger partial charge in [-0.2, -0.15) is 13.2 Å². The Morgan fingerprint density at radius 2 is 1.70 bits per heavy atom. The van der Waals surface area contributed by atoms with Gasteiger partial charge in [-0.1, -0.05) is 6.07 Å². The fourth-order valence-corrected chi connectivity index (χ4v) is 2.55. The molecule has 0 aliphatic rings. The summed E-state index contributed by atoms with van der Waals surface area (Å²) in [5.41, 5.74) is -1.50. The van der Waals surface area contributed by atoms with Gasteiger partial charge in [0.25, 0.3) is 5.91 Å². The van der Waals surface area contributed by atoms with E-state index in [4.69, 9.17) is 4.74 Å². The van der Waals surface area contributed by atoms with Crippen molar-refractivity contribution in [1.82, 2.24) is 4.98 Å². The number of hydrogen-bond acceptors (Lipinski definition) is 3. The topological polar surface area (TPSA) is 51.2 Å². The fraction of sp³-hybridized carbons (Fsp3) is 0.100. The lowest BCUT2D eigenvalue weighted by atomic mass is 10.1. The van der Waals surface area contributed by atoms with Crippen molar-refractivity contribution in [3.05, 3.63) is 82.8 Å². The maximum Gasteiger partial charge on any atom is 0.421 e. The van der Waals surface area contributed by atoms with Crippen LogP contribution < -0.4 is 10.1 Å². The van der Waals surface area contributed by atoms with Crippen LogP contribution in [0.5, 0.6) is 11.6 Å². The van der Waals surface area contributed by atoms with Gasteiger partial charge < -0.3 is 10.1 Å². The molecule has 0 spiro atoms. The van der Waals surface area contributed by atoms with E-state index < -0.39 is 46.5 Å². The number of alkyl halides is 3. The predicted octanol–water partition coefficient (Wildman–Crippen LogP) is 5.87. The molecule has 0 aliphatic heterocycles. The van der Waals surface area contributed by atoms with Crippen molar-refractivity contribution in [3.8, 4) is 11.6 Å². The third-order valence-electron chi connectivity index (χ3n) is 3.98. The van der Waals surface area contributed by atoms with E-state index in [-0.39, 0.29) is 23.1 Å². The first-order chi connectivity index (χ1) is 14.1. The van der Waals surface area contributed by atoms with Gasteiger partial charge in [-0.15, -0.1) is 0 Å². The van der Waals surface area contributed by atoms with Crippen LogP contribution in [0, 0.1) is 24.4 Å². The van der Waals surface area contributed by atoms with Gasteiger partial charge in [-0.3, -0.25) is 4.79 Å². The lowest BCUT2D eigenvalue weighted by Gasteiger charge is -2.13. The minimum atomic E-state index is -4.88. The van der Waals surface area contributed by atoms with E-state index in [0.29, 0.717) is 6.20 Å². The minimum absolute atomic E-state index is 0.0780. The quantitative estimate of drug-likeness (QED) is 0.531. The third-order valence-corrected chi connectivity index (χ3v) is 3.98. The lowest BCUT2D eigenvalue weighted by Crippen LogP contribution is -2.16. The minimum Gasteiger partial charge on any atom is -0.438 e. The number of halogens is 6. The standard InChI is InChI=1S/C20H12F6N2O2/c1-10-2-7-15(22)17(23)16(10)18(29)28-12-3-5-13(6-4-12)30-19-14(20(24,25)26)8-11(21)9-27-19/h2-9H,1H3,(H,28,29). The molecular formula is C20H12F6N2O2. The largest absolute Gasteiger partial charge is 0.438 e. The molecule has 30 heavy (non-hydrogen) atoms. The van der Waals surface area contributed by atoms with Gasteiger partial charge in [-0.25, -0.2) is 18.2 Å². The van der Waals surface area contributed by atoms with E-state index >= 15 is 0 Å². The molecule has 0 aliphatic carbocycles. The molecule has 0 unspecified atom stereocenters. The number of aryl methyl sites for hydroxylation is 1. The first kappa shape index (κ1) is 21.2. The molecule has 4 nitrogen and oxygen atoms in total. The van der Waals surface area contributed by atoms with Crippen molar-refractivity contribution in [2.45, 2.75) is 13.1 Å². The van der Waals surface area contributed by atoms with Crippen LogP contribution in [0.3, 0.4) is 0 Å². The summed E-state index contributed by atoms with van der Waals surface area (Å²) in [6.45, 7) is 1.43. The van der Waals surface area contributed by atoms with Gasteiger partial charge in [0.1, 0.15) is 17.1 Å². The zero-order chi connectivity index (χ0) is 22.1. The summed E-state index contributed by atoms with van der Waals surface area (Å²) in [7, 11) is 0. The molecular weight excluding hydrogens is 414 g/mol. The number of pyridine rings is 1. The molecule has 3 aromatic rings. The Labute approximate surface area is 166 Å². The summed E-state index contributed by atoms with van der Waals surface area (Å²) >= 11 is 0. The highest BCUT2D eigenvalue weighted by molar-refractivity contribution is 6.05. The number of aromatic nitrogens is 1. The number of carbonyl (C=O) groups excluding carboxylic acids is 1. The number of nitrogens with zero attached hydrogens (tertiary/aromatic N) is 1. The van der Waals surface area contributed by atoms with Crippen LogP contribution in [0.25, 0.3) is 0 Å². The van der Waals surface area contributed by atoms with Crippen LogP contribution in [-0.2, 0) is 6.18 Å². The van der Waals surface area contributed by atoms with E-state index in [0.717, 1.165) is 6.07 Å². The van der Waals surface area contributed by atoms with E-state index in [1.165, 1.54) is 37.3 Å². The molecule has 0 bridgehead atoms. The molecule has 1 amide bonds. The maximum absolute atomic E-state index is 13.9. The van der Waals surface area contributed by atoms with Crippen LogP contribution in [0.4, 0.5) is 32.0 Å². The smallest absolute Gasteiger partial charge is 0.421 e. The first-order valence-electron chi connectivity index (χ1n) is 8.33. The van der Waals surface area contributed by atoms with E-state index in [1.54, 1.807) is 0 Å². The number of rotatable bonds is 4. The molecule has 2 aromatic carbocycles. The van der Waals surface area contributed by atoms with Crippen molar-refractivity contribution in [1.29, 1.82) is 0 Å². The normalized spacial score (nSPS) is 11.3. The molecule has 1 N–H and O–H groups in total. The molecule has 3 rings (SSSR count). The molecule has 0 radical (unpaired) electrons. The van der Waals surface area contributed by atoms with Crippen molar-refractivity contribution < 1.29 is 35.9 Å². The molecule has 1 aromatic heterocycles. The van der Waals surface area contributed by atoms with Gasteiger partial charge in [0.05, 0.1) is 11.8 Å². The molecule has 0 saturated heterocycles. The molecule has 156 valence electrons. The number of hydrogen-bond donors (Lipinski definition) is 1. The van der Waals surface area contributed by atoms with Gasteiger partial charge in [0.15, 0.2) is 11.6 Å². The van der Waals surface area contributed by atoms with Crippen LogP contribution >= 0.6 is 0 Å². The van der Waals surface area contributed by atoms with Crippen molar-refractivity contribution in [2.75, 3.05) is 5.32 Å². The number of nitrogens with one attached hydrogen (secondary N) is 1. The Morgan fingerprint density at radius 1 is 1.03 bits per heavy atom. The summed E-state index contributed by atoms with van der Waals surface area (Å²) in [6.07, 6.45) is -4.31. The van der Waals surface area contributed by atoms with Crippen molar-refractivity contribution in [3.63, 3.8) is 0 Å². The Balaban J connectivity index is 1.79. The number of amides is 1. The summed E-state index contributed by atoms with van der Waals surface area (Å²) in [5, 5.41) is 2.35. The van der Waals surface area contributed by atoms with Crippen LogP contribution in [0.2, 0.25) is 0 Å². The van der Waals surface area contributed by atoms with Crippen molar-refractivity contribution >= 4 is 11.6 Å². The Bertz CT molecular complexity index is 1100. The first-order valence-corrected chi connectivity index (χ1v) is 8.33. The lowest BCUT2D eigenvalue weighted by molar-refractivity contribution is -0.139. The second-order valence-electron chi connectivity index (χ2n) is 6.14. The average Bonchev–Trinajstić information content (AvgIpc) is 2.67. The molecule has 0 fully saturated rings. The SMILES string of the molecule is Cc1ccc(F)c(F)c1C(=O)Nc1ccc(Oc2ncc(F)cc2C(F)(F)F)cc1. The Kier molecular flexibility index (Phi) is 5.68. The zero-order valence-electron chi connectivity index (χ0n) is 15.2. The number of ether oxygens (including phenoxy) is 1. The Hall–Kier alpha value is -3.56. The van der Waals surface area contributed by atoms with Gasteiger partial charge in [0.2, 0.25) is 5.88 Å². The van der Waals surface area contributed by atoms with E-state index in [9.17, 15) is 31.1 Å². The number of carbonyl (C=O) groups is 1. The van der Waals surface area contributed by atoms with E-state index in [1.807, 2.05) is 0 Å². The number of benzene rings is 2. The monoisotopic (exact) mass is 426 g/mol. The average molecular weight is 426 g/mol. The summed E-state index contributed by atoms with van der Waals surface area (Å²) in [6, 6.07) is 7.38. The summed E-state index contributed by atoms with van der Waals surface area (Å²) in [5.74, 6) is -5.48.